The minimum absolute atomic E-state index is 0.0228. The highest BCUT2D eigenvalue weighted by molar-refractivity contribution is 8.13. The maximum Gasteiger partial charge on any atom is 0.185 e. The highest BCUT2D eigenvalue weighted by Gasteiger charge is 2.20. The second kappa shape index (κ2) is 6.94. The van der Waals surface area contributed by atoms with E-state index < -0.39 is 12.2 Å². The first kappa shape index (κ1) is 15.2. The van der Waals surface area contributed by atoms with Crippen LogP contribution in [0.2, 0.25) is 5.15 Å². The van der Waals surface area contributed by atoms with Gasteiger partial charge in [-0.15, -0.1) is 0 Å². The van der Waals surface area contributed by atoms with Crippen molar-refractivity contribution in [3.05, 3.63) is 23.0 Å². The number of carbonyl (C=O) groups excluding carboxylic acids is 1. The lowest BCUT2D eigenvalue weighted by molar-refractivity contribution is -0.109. The van der Waals surface area contributed by atoms with Gasteiger partial charge in [0.25, 0.3) is 0 Å². The van der Waals surface area contributed by atoms with E-state index in [9.17, 15) is 15.0 Å². The molecule has 0 bridgehead atoms. The summed E-state index contributed by atoms with van der Waals surface area (Å²) in [7, 11) is 0. The molecule has 1 rings (SSSR count). The molecule has 0 aliphatic heterocycles. The van der Waals surface area contributed by atoms with Gasteiger partial charge < -0.3 is 15.9 Å². The van der Waals surface area contributed by atoms with Crippen molar-refractivity contribution in [1.29, 1.82) is 0 Å². The number of nitrogens with two attached hydrogens (primary N) is 1. The van der Waals surface area contributed by atoms with Crippen LogP contribution < -0.4 is 5.73 Å². The molecule has 0 amide bonds. The van der Waals surface area contributed by atoms with Gasteiger partial charge in [0.2, 0.25) is 0 Å². The molecule has 0 radical (unpaired) electrons. The van der Waals surface area contributed by atoms with Gasteiger partial charge >= 0.3 is 0 Å². The largest absolute Gasteiger partial charge is 0.396 e. The molecule has 7 heteroatoms. The molecule has 0 aliphatic rings. The van der Waals surface area contributed by atoms with Crippen molar-refractivity contribution in [3.63, 3.8) is 0 Å². The standard InChI is InChI=1S/C11H15ClN2O3S/c1-6(15)18-5-4-9(16)10(17)8-3-2-7(13)11(12)14-8/h2-3,9-10,16-17H,4-5,13H2,1H3. The number of pyridine rings is 1. The summed E-state index contributed by atoms with van der Waals surface area (Å²) >= 11 is 6.83. The topological polar surface area (TPSA) is 96.4 Å². The number of aliphatic hydroxyl groups excluding tert-OH is 2. The third-order valence-electron chi connectivity index (χ3n) is 2.29. The molecule has 1 heterocycles. The Labute approximate surface area is 114 Å². The number of carbonyl (C=O) groups is 1. The van der Waals surface area contributed by atoms with E-state index in [-0.39, 0.29) is 22.4 Å². The zero-order chi connectivity index (χ0) is 13.7. The minimum Gasteiger partial charge on any atom is -0.396 e. The van der Waals surface area contributed by atoms with Crippen molar-refractivity contribution in [2.75, 3.05) is 11.5 Å². The van der Waals surface area contributed by atoms with E-state index in [1.807, 2.05) is 0 Å². The number of hydrogen-bond acceptors (Lipinski definition) is 6. The average molecular weight is 291 g/mol. The molecule has 0 saturated carbocycles. The predicted octanol–water partition coefficient (Wildman–Crippen LogP) is 1.38. The number of aromatic nitrogens is 1. The van der Waals surface area contributed by atoms with Crippen molar-refractivity contribution in [2.24, 2.45) is 0 Å². The predicted molar refractivity (Wildman–Crippen MR) is 72.4 cm³/mol. The van der Waals surface area contributed by atoms with Gasteiger partial charge in [-0.3, -0.25) is 4.79 Å². The molecule has 2 unspecified atom stereocenters. The van der Waals surface area contributed by atoms with Gasteiger partial charge in [-0.2, -0.15) is 0 Å². The monoisotopic (exact) mass is 290 g/mol. The second-order valence-corrected chi connectivity index (χ2v) is 5.39. The summed E-state index contributed by atoms with van der Waals surface area (Å²) in [6.07, 6.45) is -1.85. The summed E-state index contributed by atoms with van der Waals surface area (Å²) in [5, 5.41) is 19.7. The second-order valence-electron chi connectivity index (χ2n) is 3.76. The van der Waals surface area contributed by atoms with E-state index in [1.165, 1.54) is 19.1 Å². The van der Waals surface area contributed by atoms with Crippen LogP contribution in [0.3, 0.4) is 0 Å². The van der Waals surface area contributed by atoms with Gasteiger partial charge in [-0.25, -0.2) is 4.98 Å². The SMILES string of the molecule is CC(=O)SCCC(O)C(O)c1ccc(N)c(Cl)n1. The molecule has 4 N–H and O–H groups in total. The third kappa shape index (κ3) is 4.45. The molecular formula is C11H15ClN2O3S. The average Bonchev–Trinajstić information content (AvgIpc) is 2.31. The van der Waals surface area contributed by atoms with Crippen molar-refractivity contribution < 1.29 is 15.0 Å². The number of halogens is 1. The Balaban J connectivity index is 2.59. The van der Waals surface area contributed by atoms with E-state index in [0.717, 1.165) is 11.8 Å². The van der Waals surface area contributed by atoms with Crippen LogP contribution >= 0.6 is 23.4 Å². The maximum absolute atomic E-state index is 10.7. The van der Waals surface area contributed by atoms with Gasteiger partial charge in [-0.05, 0) is 18.6 Å². The fraction of sp³-hybridized carbons (Fsp3) is 0.455. The first-order chi connectivity index (χ1) is 8.41. The molecule has 0 fully saturated rings. The number of hydrogen-bond donors (Lipinski definition) is 3. The molecule has 0 aliphatic carbocycles. The van der Waals surface area contributed by atoms with Crippen molar-refractivity contribution in [3.8, 4) is 0 Å². The van der Waals surface area contributed by atoms with Crippen LogP contribution in [0.1, 0.15) is 25.1 Å². The van der Waals surface area contributed by atoms with Crippen LogP contribution in [0.5, 0.6) is 0 Å². The Morgan fingerprint density at radius 2 is 2.22 bits per heavy atom. The molecule has 1 aromatic heterocycles. The van der Waals surface area contributed by atoms with E-state index in [1.54, 1.807) is 0 Å². The van der Waals surface area contributed by atoms with Crippen LogP contribution in [-0.2, 0) is 4.79 Å². The molecule has 100 valence electrons. The van der Waals surface area contributed by atoms with Crippen molar-refractivity contribution >= 4 is 34.2 Å². The summed E-state index contributed by atoms with van der Waals surface area (Å²) in [6, 6.07) is 3.03. The molecule has 0 spiro atoms. The maximum atomic E-state index is 10.7. The van der Waals surface area contributed by atoms with Gasteiger partial charge in [0.1, 0.15) is 6.10 Å². The highest BCUT2D eigenvalue weighted by atomic mass is 35.5. The Kier molecular flexibility index (Phi) is 5.87. The lowest BCUT2D eigenvalue weighted by Gasteiger charge is -2.17. The fourth-order valence-electron chi connectivity index (χ4n) is 1.30. The molecule has 0 aromatic carbocycles. The van der Waals surface area contributed by atoms with Gasteiger partial charge in [0.05, 0.1) is 17.5 Å². The molecule has 1 aromatic rings. The number of anilines is 1. The summed E-state index contributed by atoms with van der Waals surface area (Å²) < 4.78 is 0. The van der Waals surface area contributed by atoms with Crippen molar-refractivity contribution in [2.45, 2.75) is 25.6 Å². The molecular weight excluding hydrogens is 276 g/mol. The first-order valence-corrected chi connectivity index (χ1v) is 6.69. The normalized spacial score (nSPS) is 14.2. The minimum atomic E-state index is -1.14. The summed E-state index contributed by atoms with van der Waals surface area (Å²) in [5.74, 6) is 0.441. The van der Waals surface area contributed by atoms with E-state index in [2.05, 4.69) is 4.98 Å². The van der Waals surface area contributed by atoms with Crippen LogP contribution in [0.4, 0.5) is 5.69 Å². The van der Waals surface area contributed by atoms with Crippen LogP contribution in [0.15, 0.2) is 12.1 Å². The zero-order valence-electron chi connectivity index (χ0n) is 9.84. The first-order valence-electron chi connectivity index (χ1n) is 5.33. The smallest absolute Gasteiger partial charge is 0.185 e. The van der Waals surface area contributed by atoms with E-state index in [0.29, 0.717) is 11.4 Å². The van der Waals surface area contributed by atoms with Crippen LogP contribution in [-0.4, -0.2) is 32.2 Å². The van der Waals surface area contributed by atoms with E-state index >= 15 is 0 Å². The molecule has 2 atom stereocenters. The van der Waals surface area contributed by atoms with Gasteiger partial charge in [0.15, 0.2) is 10.3 Å². The van der Waals surface area contributed by atoms with Gasteiger partial charge in [0, 0.05) is 12.7 Å². The lowest BCUT2D eigenvalue weighted by Crippen LogP contribution is -2.20. The summed E-state index contributed by atoms with van der Waals surface area (Å²) in [5.41, 5.74) is 6.07. The van der Waals surface area contributed by atoms with Crippen molar-refractivity contribution in [1.82, 2.24) is 4.98 Å². The Hall–Kier alpha value is -0.820. The number of nitrogen functional groups attached to an aromatic ring is 1. The summed E-state index contributed by atoms with van der Waals surface area (Å²) in [4.78, 5) is 14.6. The third-order valence-corrected chi connectivity index (χ3v) is 3.43. The van der Waals surface area contributed by atoms with Gasteiger partial charge in [-0.1, -0.05) is 23.4 Å². The van der Waals surface area contributed by atoms with Crippen LogP contribution in [0.25, 0.3) is 0 Å². The fourth-order valence-corrected chi connectivity index (χ4v) is 2.11. The quantitative estimate of drug-likeness (QED) is 0.709. The zero-order valence-corrected chi connectivity index (χ0v) is 11.4. The Bertz CT molecular complexity index is 431. The summed E-state index contributed by atoms with van der Waals surface area (Å²) in [6.45, 7) is 1.45. The highest BCUT2D eigenvalue weighted by Crippen LogP contribution is 2.23. The Morgan fingerprint density at radius 1 is 1.56 bits per heavy atom. The van der Waals surface area contributed by atoms with Crippen LogP contribution in [0, 0.1) is 0 Å². The number of rotatable bonds is 5. The lowest BCUT2D eigenvalue weighted by atomic mass is 10.1. The molecule has 5 nitrogen and oxygen atoms in total. The number of aliphatic hydroxyl groups is 2. The Morgan fingerprint density at radius 3 is 2.78 bits per heavy atom. The number of nitrogens with zero attached hydrogens (tertiary/aromatic N) is 1. The molecule has 0 saturated heterocycles. The number of thioether (sulfide) groups is 1. The van der Waals surface area contributed by atoms with E-state index in [4.69, 9.17) is 17.3 Å². The molecule has 18 heavy (non-hydrogen) atoms.